The van der Waals surface area contributed by atoms with Gasteiger partial charge < -0.3 is 10.6 Å². The van der Waals surface area contributed by atoms with Gasteiger partial charge in [0.25, 0.3) is 0 Å². The molecule has 2 aromatic carbocycles. The molecule has 27 heavy (non-hydrogen) atoms. The van der Waals surface area contributed by atoms with Crippen LogP contribution in [0.5, 0.6) is 0 Å². The number of piperidine rings is 1. The highest BCUT2D eigenvalue weighted by atomic mass is 35.5. The van der Waals surface area contributed by atoms with Crippen molar-refractivity contribution in [3.63, 3.8) is 0 Å². The van der Waals surface area contributed by atoms with Crippen molar-refractivity contribution in [1.82, 2.24) is 4.90 Å². The lowest BCUT2D eigenvalue weighted by Crippen LogP contribution is -2.44. The van der Waals surface area contributed by atoms with Gasteiger partial charge in [0.2, 0.25) is 5.91 Å². The zero-order valence-electron chi connectivity index (χ0n) is 15.7. The molecule has 2 atom stereocenters. The van der Waals surface area contributed by atoms with E-state index in [0.717, 1.165) is 43.5 Å². The van der Waals surface area contributed by atoms with Gasteiger partial charge in [-0.05, 0) is 48.4 Å². The third-order valence-corrected chi connectivity index (χ3v) is 5.45. The molecule has 2 N–H and O–H groups in total. The molecule has 1 amide bonds. The van der Waals surface area contributed by atoms with Crippen LogP contribution in [0.2, 0.25) is 0 Å². The highest BCUT2D eigenvalue weighted by Crippen LogP contribution is 2.26. The Bertz CT molecular complexity index is 732. The van der Waals surface area contributed by atoms with Crippen molar-refractivity contribution in [2.45, 2.75) is 32.2 Å². The third-order valence-electron chi connectivity index (χ3n) is 5.45. The number of halogens is 2. The fraction of sp³-hybridized carbons (Fsp3) is 0.409. The molecule has 0 bridgehead atoms. The van der Waals surface area contributed by atoms with Crippen LogP contribution in [0.4, 0.5) is 4.39 Å². The van der Waals surface area contributed by atoms with Crippen molar-refractivity contribution in [3.05, 3.63) is 71.5 Å². The standard InChI is InChI=1S/C22H27FN2O.ClH/c1-16(21(24)19-7-3-2-4-8-19)22(26)25-12-10-17(11-13-25)14-18-6-5-9-20(23)15-18;/h2-9,15-17,21H,10-14,24H2,1H3;1H. The molecule has 0 radical (unpaired) electrons. The van der Waals surface area contributed by atoms with E-state index in [4.69, 9.17) is 5.73 Å². The number of carbonyl (C=O) groups is 1. The second-order valence-corrected chi connectivity index (χ2v) is 7.33. The molecule has 0 saturated carbocycles. The van der Waals surface area contributed by atoms with Crippen LogP contribution in [0.3, 0.4) is 0 Å². The summed E-state index contributed by atoms with van der Waals surface area (Å²) in [4.78, 5) is 14.8. The van der Waals surface area contributed by atoms with Crippen molar-refractivity contribution < 1.29 is 9.18 Å². The van der Waals surface area contributed by atoms with Gasteiger partial charge in [-0.1, -0.05) is 49.4 Å². The number of hydrogen-bond donors (Lipinski definition) is 1. The number of nitrogens with zero attached hydrogens (tertiary/aromatic N) is 1. The maximum absolute atomic E-state index is 13.3. The number of rotatable bonds is 5. The highest BCUT2D eigenvalue weighted by molar-refractivity contribution is 5.85. The van der Waals surface area contributed by atoms with Gasteiger partial charge in [0.05, 0.1) is 5.92 Å². The molecule has 0 spiro atoms. The first-order valence-corrected chi connectivity index (χ1v) is 9.38. The summed E-state index contributed by atoms with van der Waals surface area (Å²) < 4.78 is 13.3. The molecule has 1 aliphatic heterocycles. The van der Waals surface area contributed by atoms with Gasteiger partial charge in [0.1, 0.15) is 5.82 Å². The SMILES string of the molecule is CC(C(=O)N1CCC(Cc2cccc(F)c2)CC1)C(N)c1ccccc1.Cl. The first-order valence-electron chi connectivity index (χ1n) is 9.38. The van der Waals surface area contributed by atoms with E-state index in [2.05, 4.69) is 0 Å². The minimum Gasteiger partial charge on any atom is -0.342 e. The number of carbonyl (C=O) groups excluding carboxylic acids is 1. The molecular formula is C22H28ClFN2O. The fourth-order valence-electron chi connectivity index (χ4n) is 3.76. The van der Waals surface area contributed by atoms with Crippen LogP contribution in [0.25, 0.3) is 0 Å². The van der Waals surface area contributed by atoms with E-state index in [1.165, 1.54) is 6.07 Å². The molecule has 3 nitrogen and oxygen atoms in total. The summed E-state index contributed by atoms with van der Waals surface area (Å²) in [6.45, 7) is 3.42. The number of amides is 1. The lowest BCUT2D eigenvalue weighted by atomic mass is 9.88. The Morgan fingerprint density at radius 3 is 2.44 bits per heavy atom. The molecule has 1 aliphatic rings. The molecular weight excluding hydrogens is 363 g/mol. The first kappa shape index (κ1) is 21.4. The minimum atomic E-state index is -0.284. The monoisotopic (exact) mass is 390 g/mol. The highest BCUT2D eigenvalue weighted by Gasteiger charge is 2.29. The normalized spacial score (nSPS) is 17.1. The molecule has 2 unspecified atom stereocenters. The van der Waals surface area contributed by atoms with E-state index in [1.807, 2.05) is 48.2 Å². The quantitative estimate of drug-likeness (QED) is 0.824. The topological polar surface area (TPSA) is 46.3 Å². The molecule has 1 fully saturated rings. The molecule has 1 heterocycles. The van der Waals surface area contributed by atoms with Gasteiger partial charge in [-0.15, -0.1) is 12.4 Å². The number of likely N-dealkylation sites (tertiary alicyclic amines) is 1. The van der Waals surface area contributed by atoms with Gasteiger partial charge in [-0.2, -0.15) is 0 Å². The van der Waals surface area contributed by atoms with Crippen molar-refractivity contribution >= 4 is 18.3 Å². The maximum Gasteiger partial charge on any atom is 0.227 e. The summed E-state index contributed by atoms with van der Waals surface area (Å²) in [7, 11) is 0. The summed E-state index contributed by atoms with van der Waals surface area (Å²) in [6, 6.07) is 16.3. The van der Waals surface area contributed by atoms with Crippen molar-refractivity contribution in [2.75, 3.05) is 13.1 Å². The van der Waals surface area contributed by atoms with Gasteiger partial charge in [-0.25, -0.2) is 4.39 Å². The van der Waals surface area contributed by atoms with E-state index < -0.39 is 0 Å². The van der Waals surface area contributed by atoms with E-state index in [9.17, 15) is 9.18 Å². The largest absolute Gasteiger partial charge is 0.342 e. The van der Waals surface area contributed by atoms with Crippen molar-refractivity contribution in [3.8, 4) is 0 Å². The summed E-state index contributed by atoms with van der Waals surface area (Å²) in [5, 5.41) is 0. The Labute approximate surface area is 167 Å². The Hall–Kier alpha value is -1.91. The van der Waals surface area contributed by atoms with Gasteiger partial charge >= 0.3 is 0 Å². The van der Waals surface area contributed by atoms with Gasteiger partial charge in [-0.3, -0.25) is 4.79 Å². The van der Waals surface area contributed by atoms with Gasteiger partial charge in [0, 0.05) is 19.1 Å². The molecule has 0 aromatic heterocycles. The maximum atomic E-state index is 13.3. The number of hydrogen-bond acceptors (Lipinski definition) is 2. The van der Waals surface area contributed by atoms with Crippen molar-refractivity contribution in [2.24, 2.45) is 17.6 Å². The third kappa shape index (κ3) is 5.53. The first-order chi connectivity index (χ1) is 12.5. The average molecular weight is 391 g/mol. The van der Waals surface area contributed by atoms with Crippen LogP contribution in [-0.2, 0) is 11.2 Å². The average Bonchev–Trinajstić information content (AvgIpc) is 2.67. The predicted octanol–water partition coefficient (Wildman–Crippen LogP) is 4.36. The molecule has 146 valence electrons. The van der Waals surface area contributed by atoms with E-state index in [1.54, 1.807) is 12.1 Å². The zero-order chi connectivity index (χ0) is 18.5. The van der Waals surface area contributed by atoms with E-state index in [-0.39, 0.29) is 36.1 Å². The fourth-order valence-corrected chi connectivity index (χ4v) is 3.76. The second kappa shape index (κ2) is 9.86. The van der Waals surface area contributed by atoms with Crippen LogP contribution in [0.1, 0.15) is 36.9 Å². The summed E-state index contributed by atoms with van der Waals surface area (Å²) in [5.74, 6) is 0.209. The van der Waals surface area contributed by atoms with Gasteiger partial charge in [0.15, 0.2) is 0 Å². The molecule has 2 aromatic rings. The Morgan fingerprint density at radius 2 is 1.81 bits per heavy atom. The molecule has 0 aliphatic carbocycles. The number of nitrogens with two attached hydrogens (primary N) is 1. The van der Waals surface area contributed by atoms with E-state index in [0.29, 0.717) is 5.92 Å². The molecule has 5 heteroatoms. The Morgan fingerprint density at radius 1 is 1.15 bits per heavy atom. The lowest BCUT2D eigenvalue weighted by molar-refractivity contribution is -0.137. The summed E-state index contributed by atoms with van der Waals surface area (Å²) in [6.07, 6.45) is 2.78. The number of benzene rings is 2. The second-order valence-electron chi connectivity index (χ2n) is 7.33. The Balaban J connectivity index is 0.00000261. The van der Waals surface area contributed by atoms with E-state index >= 15 is 0 Å². The Kier molecular flexibility index (Phi) is 7.81. The van der Waals surface area contributed by atoms with Crippen molar-refractivity contribution in [1.29, 1.82) is 0 Å². The van der Waals surface area contributed by atoms with Crippen LogP contribution in [0, 0.1) is 17.7 Å². The smallest absolute Gasteiger partial charge is 0.227 e. The summed E-state index contributed by atoms with van der Waals surface area (Å²) in [5.41, 5.74) is 8.34. The molecule has 1 saturated heterocycles. The predicted molar refractivity (Wildman–Crippen MR) is 109 cm³/mol. The van der Waals surface area contributed by atoms with Crippen LogP contribution in [-0.4, -0.2) is 23.9 Å². The molecule has 3 rings (SSSR count). The van der Waals surface area contributed by atoms with Crippen LogP contribution < -0.4 is 5.73 Å². The summed E-state index contributed by atoms with van der Waals surface area (Å²) >= 11 is 0. The lowest BCUT2D eigenvalue weighted by Gasteiger charge is -2.35. The zero-order valence-corrected chi connectivity index (χ0v) is 16.5. The minimum absolute atomic E-state index is 0. The van der Waals surface area contributed by atoms with Crippen LogP contribution >= 0.6 is 12.4 Å². The van der Waals surface area contributed by atoms with Crippen LogP contribution in [0.15, 0.2) is 54.6 Å².